The van der Waals surface area contributed by atoms with Gasteiger partial charge in [-0.2, -0.15) is 0 Å². The van der Waals surface area contributed by atoms with Crippen molar-refractivity contribution in [2.24, 2.45) is 0 Å². The van der Waals surface area contributed by atoms with Gasteiger partial charge in [-0.3, -0.25) is 9.78 Å². The lowest BCUT2D eigenvalue weighted by molar-refractivity contribution is -0.121. The summed E-state index contributed by atoms with van der Waals surface area (Å²) in [5.41, 5.74) is 1.84. The second-order valence-corrected chi connectivity index (χ2v) is 6.53. The molecule has 6 heteroatoms. The second-order valence-electron chi connectivity index (χ2n) is 5.59. The Hall–Kier alpha value is -2.73. The molecule has 128 valence electrons. The molecule has 0 aliphatic carbocycles. The molecule has 0 bridgehead atoms. The molecule has 1 unspecified atom stereocenters. The van der Waals surface area contributed by atoms with Crippen molar-refractivity contribution in [1.29, 1.82) is 0 Å². The molecule has 2 aromatic heterocycles. The number of rotatable bonds is 7. The van der Waals surface area contributed by atoms with Gasteiger partial charge in [0.05, 0.1) is 24.4 Å². The average Bonchev–Trinajstić information content (AvgIpc) is 3.08. The molecular formula is C19H19N3O2S. The van der Waals surface area contributed by atoms with E-state index in [2.05, 4.69) is 15.3 Å². The van der Waals surface area contributed by atoms with Crippen molar-refractivity contribution in [3.63, 3.8) is 0 Å². The first-order valence-corrected chi connectivity index (χ1v) is 8.89. The van der Waals surface area contributed by atoms with Gasteiger partial charge in [-0.25, -0.2) is 4.98 Å². The molecule has 0 aliphatic heterocycles. The maximum atomic E-state index is 12.2. The third-order valence-corrected chi connectivity index (χ3v) is 4.49. The molecule has 0 radical (unpaired) electrons. The van der Waals surface area contributed by atoms with Gasteiger partial charge in [-0.15, -0.1) is 11.3 Å². The first-order chi connectivity index (χ1) is 12.2. The number of hydrogen-bond acceptors (Lipinski definition) is 5. The lowest BCUT2D eigenvalue weighted by atomic mass is 10.1. The van der Waals surface area contributed by atoms with Crippen LogP contribution in [0.4, 0.5) is 0 Å². The Morgan fingerprint density at radius 1 is 1.24 bits per heavy atom. The fourth-order valence-electron chi connectivity index (χ4n) is 2.36. The van der Waals surface area contributed by atoms with E-state index in [1.807, 2.05) is 54.8 Å². The van der Waals surface area contributed by atoms with E-state index in [1.165, 1.54) is 11.3 Å². The summed E-state index contributed by atoms with van der Waals surface area (Å²) in [5, 5.41) is 5.73. The highest BCUT2D eigenvalue weighted by molar-refractivity contribution is 7.09. The predicted octanol–water partition coefficient (Wildman–Crippen LogP) is 3.54. The van der Waals surface area contributed by atoms with Crippen LogP contribution >= 0.6 is 11.3 Å². The molecule has 1 atom stereocenters. The van der Waals surface area contributed by atoms with Crippen LogP contribution in [-0.4, -0.2) is 15.9 Å². The van der Waals surface area contributed by atoms with Gasteiger partial charge in [0.2, 0.25) is 5.91 Å². The molecule has 25 heavy (non-hydrogen) atoms. The van der Waals surface area contributed by atoms with Gasteiger partial charge in [0.15, 0.2) is 0 Å². The van der Waals surface area contributed by atoms with Crippen molar-refractivity contribution in [2.45, 2.75) is 26.0 Å². The van der Waals surface area contributed by atoms with Gasteiger partial charge in [-0.1, -0.05) is 30.3 Å². The number of benzene rings is 1. The Bertz CT molecular complexity index is 806. The fraction of sp³-hybridized carbons (Fsp3) is 0.211. The van der Waals surface area contributed by atoms with Crippen LogP contribution in [0, 0.1) is 0 Å². The van der Waals surface area contributed by atoms with Gasteiger partial charge >= 0.3 is 0 Å². The number of hydrogen-bond donors (Lipinski definition) is 1. The lowest BCUT2D eigenvalue weighted by Crippen LogP contribution is -2.28. The number of ether oxygens (including phenoxy) is 1. The third-order valence-electron chi connectivity index (χ3n) is 3.61. The summed E-state index contributed by atoms with van der Waals surface area (Å²) in [5.74, 6) is 0.662. The molecule has 2 heterocycles. The molecule has 3 rings (SSSR count). The van der Waals surface area contributed by atoms with Crippen molar-refractivity contribution in [2.75, 3.05) is 0 Å². The number of amides is 1. The molecular weight excluding hydrogens is 334 g/mol. The zero-order valence-corrected chi connectivity index (χ0v) is 14.7. The van der Waals surface area contributed by atoms with Crippen molar-refractivity contribution in [3.8, 4) is 5.75 Å². The van der Waals surface area contributed by atoms with Crippen molar-refractivity contribution in [1.82, 2.24) is 15.3 Å². The minimum atomic E-state index is -0.0404. The standard InChI is InChI=1S/C19H19N3O2S/c1-14(15-6-3-2-4-7-15)21-18(23)10-16-13-25-19(22-16)12-24-17-8-5-9-20-11-17/h2-9,11,13-14H,10,12H2,1H3,(H,21,23). The molecule has 0 spiro atoms. The highest BCUT2D eigenvalue weighted by Crippen LogP contribution is 2.15. The monoisotopic (exact) mass is 353 g/mol. The van der Waals surface area contributed by atoms with Crippen LogP contribution in [0.2, 0.25) is 0 Å². The van der Waals surface area contributed by atoms with Gasteiger partial charge in [0.1, 0.15) is 17.4 Å². The smallest absolute Gasteiger partial charge is 0.226 e. The highest BCUT2D eigenvalue weighted by Gasteiger charge is 2.12. The largest absolute Gasteiger partial charge is 0.485 e. The summed E-state index contributed by atoms with van der Waals surface area (Å²) in [6.45, 7) is 2.35. The van der Waals surface area contributed by atoms with E-state index in [0.717, 1.165) is 16.3 Å². The lowest BCUT2D eigenvalue weighted by Gasteiger charge is -2.13. The topological polar surface area (TPSA) is 64.1 Å². The van der Waals surface area contributed by atoms with Gasteiger partial charge in [0.25, 0.3) is 0 Å². The molecule has 0 fully saturated rings. The van der Waals surface area contributed by atoms with Gasteiger partial charge in [0, 0.05) is 11.6 Å². The highest BCUT2D eigenvalue weighted by atomic mass is 32.1. The normalized spacial score (nSPS) is 11.7. The second kappa shape index (κ2) is 8.39. The maximum absolute atomic E-state index is 12.2. The molecule has 1 N–H and O–H groups in total. The Kier molecular flexibility index (Phi) is 5.74. The average molecular weight is 353 g/mol. The SMILES string of the molecule is CC(NC(=O)Cc1csc(COc2cccnc2)n1)c1ccccc1. The first kappa shape index (κ1) is 17.1. The third kappa shape index (κ3) is 5.12. The predicted molar refractivity (Wildman–Crippen MR) is 97.4 cm³/mol. The van der Waals surface area contributed by atoms with E-state index >= 15 is 0 Å². The Balaban J connectivity index is 1.50. The van der Waals surface area contributed by atoms with Crippen LogP contribution in [-0.2, 0) is 17.8 Å². The summed E-state index contributed by atoms with van der Waals surface area (Å²) < 4.78 is 5.62. The zero-order chi connectivity index (χ0) is 17.5. The van der Waals surface area contributed by atoms with Crippen LogP contribution in [0.25, 0.3) is 0 Å². The molecule has 0 saturated carbocycles. The van der Waals surface area contributed by atoms with Crippen LogP contribution in [0.5, 0.6) is 5.75 Å². The van der Waals surface area contributed by atoms with E-state index < -0.39 is 0 Å². The van der Waals surface area contributed by atoms with Crippen LogP contribution in [0.1, 0.15) is 29.2 Å². The number of carbonyl (C=O) groups excluding carboxylic acids is 1. The minimum absolute atomic E-state index is 0.0271. The summed E-state index contributed by atoms with van der Waals surface area (Å²) in [7, 11) is 0. The number of nitrogens with one attached hydrogen (secondary N) is 1. The number of aromatic nitrogens is 2. The van der Waals surface area contributed by atoms with E-state index in [1.54, 1.807) is 12.4 Å². The number of nitrogens with zero attached hydrogens (tertiary/aromatic N) is 2. The molecule has 1 aromatic carbocycles. The molecule has 0 aliphatic rings. The van der Waals surface area contributed by atoms with Gasteiger partial charge < -0.3 is 10.1 Å². The van der Waals surface area contributed by atoms with E-state index in [-0.39, 0.29) is 18.4 Å². The number of pyridine rings is 1. The van der Waals surface area contributed by atoms with Crippen molar-refractivity contribution in [3.05, 3.63) is 76.5 Å². The maximum Gasteiger partial charge on any atom is 0.226 e. The van der Waals surface area contributed by atoms with E-state index in [9.17, 15) is 4.79 Å². The molecule has 0 saturated heterocycles. The summed E-state index contributed by atoms with van der Waals surface area (Å²) in [6, 6.07) is 13.5. The van der Waals surface area contributed by atoms with Crippen molar-refractivity contribution >= 4 is 17.2 Å². The minimum Gasteiger partial charge on any atom is -0.485 e. The Labute approximate surface area is 150 Å². The van der Waals surface area contributed by atoms with Gasteiger partial charge in [-0.05, 0) is 24.6 Å². The van der Waals surface area contributed by atoms with Crippen LogP contribution in [0.3, 0.4) is 0 Å². The first-order valence-electron chi connectivity index (χ1n) is 8.01. The summed E-state index contributed by atoms with van der Waals surface area (Å²) in [4.78, 5) is 20.7. The summed E-state index contributed by atoms with van der Waals surface area (Å²) >= 11 is 1.49. The number of thiazole rings is 1. The van der Waals surface area contributed by atoms with E-state index in [4.69, 9.17) is 4.74 Å². The van der Waals surface area contributed by atoms with Crippen LogP contribution < -0.4 is 10.1 Å². The Morgan fingerprint density at radius 2 is 2.08 bits per heavy atom. The quantitative estimate of drug-likeness (QED) is 0.706. The fourth-order valence-corrected chi connectivity index (χ4v) is 3.06. The molecule has 3 aromatic rings. The molecule has 5 nitrogen and oxygen atoms in total. The summed E-state index contributed by atoms with van der Waals surface area (Å²) in [6.07, 6.45) is 3.62. The van der Waals surface area contributed by atoms with Crippen LogP contribution in [0.15, 0.2) is 60.2 Å². The van der Waals surface area contributed by atoms with Crippen molar-refractivity contribution < 1.29 is 9.53 Å². The zero-order valence-electron chi connectivity index (χ0n) is 13.9. The Morgan fingerprint density at radius 3 is 2.84 bits per heavy atom. The van der Waals surface area contributed by atoms with E-state index in [0.29, 0.717) is 12.4 Å². The molecule has 1 amide bonds. The number of carbonyl (C=O) groups is 1.